The first kappa shape index (κ1) is 17.4. The second kappa shape index (κ2) is 7.68. The highest BCUT2D eigenvalue weighted by Gasteiger charge is 2.12. The molecular formula is C23H16N2O3. The molecule has 1 aromatic heterocycles. The lowest BCUT2D eigenvalue weighted by molar-refractivity contribution is 0.0998. The molecule has 0 aliphatic carbocycles. The molecule has 0 atom stereocenters. The molecule has 0 aliphatic heterocycles. The van der Waals surface area contributed by atoms with E-state index in [1.807, 2.05) is 42.5 Å². The van der Waals surface area contributed by atoms with Gasteiger partial charge in [-0.2, -0.15) is 5.26 Å². The number of amides is 1. The van der Waals surface area contributed by atoms with E-state index in [-0.39, 0.29) is 11.7 Å². The van der Waals surface area contributed by atoms with Crippen molar-refractivity contribution in [1.29, 1.82) is 5.26 Å². The van der Waals surface area contributed by atoms with Gasteiger partial charge in [0.15, 0.2) is 5.76 Å². The van der Waals surface area contributed by atoms with Crippen molar-refractivity contribution in [3.05, 3.63) is 95.7 Å². The van der Waals surface area contributed by atoms with Crippen LogP contribution in [-0.4, -0.2) is 5.91 Å². The van der Waals surface area contributed by atoms with Gasteiger partial charge in [-0.1, -0.05) is 36.4 Å². The number of anilines is 1. The number of furan rings is 1. The van der Waals surface area contributed by atoms with E-state index in [4.69, 9.17) is 14.4 Å². The van der Waals surface area contributed by atoms with Gasteiger partial charge in [0.05, 0.1) is 11.6 Å². The number of carbonyl (C=O) groups excluding carboxylic acids is 1. The second-order valence-electron chi connectivity index (χ2n) is 6.23. The molecule has 0 saturated heterocycles. The zero-order valence-corrected chi connectivity index (χ0v) is 14.9. The van der Waals surface area contributed by atoms with Gasteiger partial charge in [0.25, 0.3) is 5.91 Å². The maximum Gasteiger partial charge on any atom is 0.291 e. The number of rotatable bonds is 5. The van der Waals surface area contributed by atoms with Crippen molar-refractivity contribution < 1.29 is 13.9 Å². The van der Waals surface area contributed by atoms with E-state index in [0.29, 0.717) is 29.2 Å². The van der Waals surface area contributed by atoms with Crippen molar-refractivity contribution in [3.63, 3.8) is 0 Å². The molecule has 4 aromatic rings. The monoisotopic (exact) mass is 368 g/mol. The van der Waals surface area contributed by atoms with Crippen LogP contribution in [0.1, 0.15) is 21.7 Å². The maximum absolute atomic E-state index is 12.5. The van der Waals surface area contributed by atoms with Crippen LogP contribution in [0.15, 0.2) is 83.3 Å². The fourth-order valence-corrected chi connectivity index (χ4v) is 2.85. The highest BCUT2D eigenvalue weighted by atomic mass is 16.5. The fourth-order valence-electron chi connectivity index (χ4n) is 2.85. The summed E-state index contributed by atoms with van der Waals surface area (Å²) in [6, 6.07) is 25.7. The molecule has 0 bridgehead atoms. The van der Waals surface area contributed by atoms with Gasteiger partial charge in [-0.15, -0.1) is 0 Å². The van der Waals surface area contributed by atoms with Crippen LogP contribution in [-0.2, 0) is 6.61 Å². The summed E-state index contributed by atoms with van der Waals surface area (Å²) in [7, 11) is 0. The van der Waals surface area contributed by atoms with Gasteiger partial charge in [-0.25, -0.2) is 0 Å². The minimum Gasteiger partial charge on any atom is -0.489 e. The number of benzene rings is 3. The number of ether oxygens (including phenoxy) is 1. The van der Waals surface area contributed by atoms with Gasteiger partial charge in [-0.3, -0.25) is 4.79 Å². The molecule has 136 valence electrons. The van der Waals surface area contributed by atoms with Crippen LogP contribution in [0.3, 0.4) is 0 Å². The first-order chi connectivity index (χ1) is 13.7. The molecule has 0 unspecified atom stereocenters. The number of fused-ring (bicyclic) bond motifs is 1. The van der Waals surface area contributed by atoms with Crippen LogP contribution in [0.25, 0.3) is 11.0 Å². The molecule has 5 heteroatoms. The minimum atomic E-state index is -0.324. The Bertz CT molecular complexity index is 1150. The number of nitrogens with one attached hydrogen (secondary N) is 1. The molecule has 1 N–H and O–H groups in total. The number of para-hydroxylation sites is 1. The largest absolute Gasteiger partial charge is 0.489 e. The van der Waals surface area contributed by atoms with Crippen molar-refractivity contribution in [3.8, 4) is 11.8 Å². The van der Waals surface area contributed by atoms with Crippen LogP contribution in [0.2, 0.25) is 0 Å². The summed E-state index contributed by atoms with van der Waals surface area (Å²) < 4.78 is 11.4. The van der Waals surface area contributed by atoms with E-state index in [1.54, 1.807) is 36.4 Å². The molecule has 0 fully saturated rings. The normalized spacial score (nSPS) is 10.4. The standard InChI is InChI=1S/C23H16N2O3/c24-14-16-5-3-6-17(11-16)15-27-20-9-4-8-19(13-20)25-23(26)22-12-18-7-1-2-10-21(18)28-22/h1-13H,15H2,(H,25,26). The molecule has 0 spiro atoms. The summed E-state index contributed by atoms with van der Waals surface area (Å²) in [6.45, 7) is 0.330. The Hall–Kier alpha value is -4.04. The van der Waals surface area contributed by atoms with Gasteiger partial charge < -0.3 is 14.5 Å². The van der Waals surface area contributed by atoms with E-state index in [0.717, 1.165) is 10.9 Å². The molecule has 28 heavy (non-hydrogen) atoms. The van der Waals surface area contributed by atoms with Crippen LogP contribution >= 0.6 is 0 Å². The smallest absolute Gasteiger partial charge is 0.291 e. The third-order valence-electron chi connectivity index (χ3n) is 4.20. The molecule has 3 aromatic carbocycles. The molecule has 1 amide bonds. The second-order valence-corrected chi connectivity index (χ2v) is 6.23. The first-order valence-electron chi connectivity index (χ1n) is 8.73. The SMILES string of the molecule is N#Cc1cccc(COc2cccc(NC(=O)c3cc4ccccc4o3)c2)c1. The lowest BCUT2D eigenvalue weighted by Gasteiger charge is -2.09. The third-order valence-corrected chi connectivity index (χ3v) is 4.20. The zero-order chi connectivity index (χ0) is 19.3. The van der Waals surface area contributed by atoms with Crippen LogP contribution in [0.5, 0.6) is 5.75 Å². The average molecular weight is 368 g/mol. The summed E-state index contributed by atoms with van der Waals surface area (Å²) in [5.74, 6) is 0.542. The topological polar surface area (TPSA) is 75.3 Å². The van der Waals surface area contributed by atoms with E-state index in [9.17, 15) is 4.79 Å². The molecule has 0 saturated carbocycles. The lowest BCUT2D eigenvalue weighted by atomic mass is 10.1. The molecular weight excluding hydrogens is 352 g/mol. The summed E-state index contributed by atoms with van der Waals surface area (Å²) in [5.41, 5.74) is 2.77. The molecule has 4 rings (SSSR count). The first-order valence-corrected chi connectivity index (χ1v) is 8.73. The number of nitrogens with zero attached hydrogens (tertiary/aromatic N) is 1. The highest BCUT2D eigenvalue weighted by Crippen LogP contribution is 2.22. The molecule has 0 aliphatic rings. The Kier molecular flexibility index (Phi) is 4.77. The van der Waals surface area contributed by atoms with Crippen LogP contribution in [0.4, 0.5) is 5.69 Å². The van der Waals surface area contributed by atoms with E-state index < -0.39 is 0 Å². The number of carbonyl (C=O) groups is 1. The minimum absolute atomic E-state index is 0.251. The van der Waals surface area contributed by atoms with Gasteiger partial charge in [0.1, 0.15) is 17.9 Å². The van der Waals surface area contributed by atoms with Crippen molar-refractivity contribution in [2.75, 3.05) is 5.32 Å². The molecule has 1 heterocycles. The van der Waals surface area contributed by atoms with E-state index in [2.05, 4.69) is 11.4 Å². The van der Waals surface area contributed by atoms with E-state index in [1.165, 1.54) is 0 Å². The molecule has 0 radical (unpaired) electrons. The summed E-state index contributed by atoms with van der Waals surface area (Å²) in [4.78, 5) is 12.5. The van der Waals surface area contributed by atoms with Gasteiger partial charge >= 0.3 is 0 Å². The van der Waals surface area contributed by atoms with Crippen LogP contribution in [0, 0.1) is 11.3 Å². The highest BCUT2D eigenvalue weighted by molar-refractivity contribution is 6.04. The summed E-state index contributed by atoms with van der Waals surface area (Å²) in [5, 5.41) is 12.7. The van der Waals surface area contributed by atoms with Gasteiger partial charge in [0, 0.05) is 17.1 Å². The third kappa shape index (κ3) is 3.87. The predicted octanol–water partition coefficient (Wildman–Crippen LogP) is 5.14. The maximum atomic E-state index is 12.5. The van der Waals surface area contributed by atoms with Crippen LogP contribution < -0.4 is 10.1 Å². The Morgan fingerprint density at radius 2 is 1.86 bits per heavy atom. The quantitative estimate of drug-likeness (QED) is 0.529. The number of hydrogen-bond acceptors (Lipinski definition) is 4. The molecule has 5 nitrogen and oxygen atoms in total. The number of hydrogen-bond donors (Lipinski definition) is 1. The van der Waals surface area contributed by atoms with Crippen molar-refractivity contribution in [2.24, 2.45) is 0 Å². The van der Waals surface area contributed by atoms with Crippen molar-refractivity contribution in [1.82, 2.24) is 0 Å². The fraction of sp³-hybridized carbons (Fsp3) is 0.0435. The Labute approximate surface area is 161 Å². The Morgan fingerprint density at radius 3 is 2.71 bits per heavy atom. The average Bonchev–Trinajstić information content (AvgIpc) is 3.17. The summed E-state index contributed by atoms with van der Waals surface area (Å²) >= 11 is 0. The Morgan fingerprint density at radius 1 is 1.00 bits per heavy atom. The van der Waals surface area contributed by atoms with Gasteiger partial charge in [0.2, 0.25) is 0 Å². The number of nitriles is 1. The lowest BCUT2D eigenvalue weighted by Crippen LogP contribution is -2.10. The van der Waals surface area contributed by atoms with Crippen molar-refractivity contribution in [2.45, 2.75) is 6.61 Å². The van der Waals surface area contributed by atoms with E-state index >= 15 is 0 Å². The van der Waals surface area contributed by atoms with Gasteiger partial charge in [-0.05, 0) is 42.0 Å². The Balaban J connectivity index is 1.44. The van der Waals surface area contributed by atoms with Crippen molar-refractivity contribution >= 4 is 22.6 Å². The zero-order valence-electron chi connectivity index (χ0n) is 14.9. The predicted molar refractivity (Wildman–Crippen MR) is 106 cm³/mol. The summed E-state index contributed by atoms with van der Waals surface area (Å²) in [6.07, 6.45) is 0.